The van der Waals surface area contributed by atoms with Gasteiger partial charge in [-0.15, -0.1) is 0 Å². The Morgan fingerprint density at radius 2 is 1.77 bits per heavy atom. The number of nitrogens with one attached hydrogen (secondary N) is 1. The molecule has 1 aromatic rings. The first-order chi connectivity index (χ1) is 6.26. The molecule has 0 aliphatic carbocycles. The molecule has 1 unspecified atom stereocenters. The molecule has 13 heavy (non-hydrogen) atoms. The number of hydrogen-bond acceptors (Lipinski definition) is 2. The third kappa shape index (κ3) is 3.17. The van der Waals surface area contributed by atoms with Gasteiger partial charge in [0, 0.05) is 6.04 Å². The van der Waals surface area contributed by atoms with E-state index in [0.717, 1.165) is 12.8 Å². The molecule has 1 rings (SSSR count). The van der Waals surface area contributed by atoms with E-state index in [9.17, 15) is 0 Å². The summed E-state index contributed by atoms with van der Waals surface area (Å²) in [5.74, 6) is 5.33. The Hall–Kier alpha value is -0.860. The molecule has 0 spiro atoms. The van der Waals surface area contributed by atoms with Crippen LogP contribution in [0.25, 0.3) is 0 Å². The minimum Gasteiger partial charge on any atom is -0.271 e. The first kappa shape index (κ1) is 10.2. The van der Waals surface area contributed by atoms with E-state index in [1.807, 2.05) is 0 Å². The normalized spacial score (nSPS) is 12.8. The van der Waals surface area contributed by atoms with Crippen LogP contribution in [0.1, 0.15) is 25.0 Å². The fourth-order valence-corrected chi connectivity index (χ4v) is 1.32. The number of rotatable bonds is 4. The first-order valence-electron chi connectivity index (χ1n) is 4.80. The zero-order chi connectivity index (χ0) is 9.68. The predicted octanol–water partition coefficient (Wildman–Crippen LogP) is 1.64. The van der Waals surface area contributed by atoms with E-state index in [2.05, 4.69) is 43.5 Å². The minimum absolute atomic E-state index is 0.340. The summed E-state index contributed by atoms with van der Waals surface area (Å²) < 4.78 is 0. The lowest BCUT2D eigenvalue weighted by molar-refractivity contribution is 0.568. The summed E-state index contributed by atoms with van der Waals surface area (Å²) >= 11 is 0. The molecule has 0 aliphatic heterocycles. The lowest BCUT2D eigenvalue weighted by Crippen LogP contribution is -2.34. The van der Waals surface area contributed by atoms with Crippen molar-refractivity contribution in [2.24, 2.45) is 5.84 Å². The van der Waals surface area contributed by atoms with Gasteiger partial charge in [-0.2, -0.15) is 0 Å². The van der Waals surface area contributed by atoms with Crippen LogP contribution < -0.4 is 11.3 Å². The minimum atomic E-state index is 0.340. The van der Waals surface area contributed by atoms with Crippen molar-refractivity contribution in [3.63, 3.8) is 0 Å². The quantitative estimate of drug-likeness (QED) is 0.543. The average Bonchev–Trinajstić information content (AvgIpc) is 2.19. The SMILES string of the molecule is CCc1ccc(CC(C)NN)cc1. The van der Waals surface area contributed by atoms with Crippen LogP contribution in [-0.4, -0.2) is 6.04 Å². The highest BCUT2D eigenvalue weighted by Gasteiger charge is 1.99. The van der Waals surface area contributed by atoms with Crippen LogP contribution in [0.2, 0.25) is 0 Å². The predicted molar refractivity (Wildman–Crippen MR) is 56.3 cm³/mol. The summed E-state index contributed by atoms with van der Waals surface area (Å²) in [6.07, 6.45) is 2.09. The van der Waals surface area contributed by atoms with Crippen molar-refractivity contribution in [3.8, 4) is 0 Å². The van der Waals surface area contributed by atoms with Gasteiger partial charge in [0.2, 0.25) is 0 Å². The maximum atomic E-state index is 5.33. The highest BCUT2D eigenvalue weighted by Crippen LogP contribution is 2.06. The fourth-order valence-electron chi connectivity index (χ4n) is 1.32. The van der Waals surface area contributed by atoms with E-state index in [-0.39, 0.29) is 0 Å². The molecular weight excluding hydrogens is 160 g/mol. The van der Waals surface area contributed by atoms with Gasteiger partial charge in [-0.3, -0.25) is 11.3 Å². The molecule has 1 atom stereocenters. The van der Waals surface area contributed by atoms with Crippen LogP contribution >= 0.6 is 0 Å². The van der Waals surface area contributed by atoms with Gasteiger partial charge in [0.15, 0.2) is 0 Å². The smallest absolute Gasteiger partial charge is 0.0222 e. The number of hydrazine groups is 1. The highest BCUT2D eigenvalue weighted by atomic mass is 15.2. The zero-order valence-electron chi connectivity index (χ0n) is 8.38. The van der Waals surface area contributed by atoms with Gasteiger partial charge < -0.3 is 0 Å². The Labute approximate surface area is 80.1 Å². The second-order valence-corrected chi connectivity index (χ2v) is 3.44. The topological polar surface area (TPSA) is 38.0 Å². The van der Waals surface area contributed by atoms with Crippen LogP contribution in [0.5, 0.6) is 0 Å². The lowest BCUT2D eigenvalue weighted by atomic mass is 10.0. The van der Waals surface area contributed by atoms with Crippen LogP contribution in [0, 0.1) is 0 Å². The van der Waals surface area contributed by atoms with Gasteiger partial charge in [0.1, 0.15) is 0 Å². The van der Waals surface area contributed by atoms with E-state index < -0.39 is 0 Å². The molecule has 0 saturated heterocycles. The Bertz CT molecular complexity index is 241. The van der Waals surface area contributed by atoms with Gasteiger partial charge in [0.25, 0.3) is 0 Å². The summed E-state index contributed by atoms with van der Waals surface area (Å²) in [5.41, 5.74) is 5.46. The largest absolute Gasteiger partial charge is 0.271 e. The van der Waals surface area contributed by atoms with E-state index >= 15 is 0 Å². The molecule has 0 fully saturated rings. The number of benzene rings is 1. The average molecular weight is 178 g/mol. The van der Waals surface area contributed by atoms with Gasteiger partial charge in [-0.05, 0) is 30.9 Å². The fraction of sp³-hybridized carbons (Fsp3) is 0.455. The molecule has 3 N–H and O–H groups in total. The van der Waals surface area contributed by atoms with Gasteiger partial charge in [0.05, 0.1) is 0 Å². The molecule has 0 aliphatic rings. The van der Waals surface area contributed by atoms with Crippen LogP contribution in [-0.2, 0) is 12.8 Å². The van der Waals surface area contributed by atoms with Crippen LogP contribution in [0.15, 0.2) is 24.3 Å². The molecule has 0 amide bonds. The maximum Gasteiger partial charge on any atom is 0.0222 e. The molecule has 0 aromatic heterocycles. The Kier molecular flexibility index (Phi) is 3.93. The van der Waals surface area contributed by atoms with Crippen LogP contribution in [0.4, 0.5) is 0 Å². The molecule has 72 valence electrons. The molecule has 0 radical (unpaired) electrons. The highest BCUT2D eigenvalue weighted by molar-refractivity contribution is 5.22. The van der Waals surface area contributed by atoms with Crippen molar-refractivity contribution >= 4 is 0 Å². The van der Waals surface area contributed by atoms with Crippen molar-refractivity contribution < 1.29 is 0 Å². The van der Waals surface area contributed by atoms with Crippen molar-refractivity contribution in [2.75, 3.05) is 0 Å². The Morgan fingerprint density at radius 3 is 2.23 bits per heavy atom. The van der Waals surface area contributed by atoms with Crippen LogP contribution in [0.3, 0.4) is 0 Å². The molecular formula is C11H18N2. The van der Waals surface area contributed by atoms with Gasteiger partial charge in [-0.1, -0.05) is 31.2 Å². The van der Waals surface area contributed by atoms with Crippen molar-refractivity contribution in [1.82, 2.24) is 5.43 Å². The van der Waals surface area contributed by atoms with Gasteiger partial charge >= 0.3 is 0 Å². The van der Waals surface area contributed by atoms with E-state index in [4.69, 9.17) is 5.84 Å². The third-order valence-corrected chi connectivity index (χ3v) is 2.26. The number of nitrogens with two attached hydrogens (primary N) is 1. The summed E-state index contributed by atoms with van der Waals surface area (Å²) in [4.78, 5) is 0. The zero-order valence-corrected chi connectivity index (χ0v) is 8.38. The summed E-state index contributed by atoms with van der Waals surface area (Å²) in [5, 5.41) is 0. The molecule has 2 heteroatoms. The summed E-state index contributed by atoms with van der Waals surface area (Å²) in [7, 11) is 0. The number of aryl methyl sites for hydroxylation is 1. The lowest BCUT2D eigenvalue weighted by Gasteiger charge is -2.09. The standard InChI is InChI=1S/C11H18N2/c1-3-10-4-6-11(7-5-10)8-9(2)13-12/h4-7,9,13H,3,8,12H2,1-2H3. The van der Waals surface area contributed by atoms with E-state index in [0.29, 0.717) is 6.04 Å². The Balaban J connectivity index is 2.58. The summed E-state index contributed by atoms with van der Waals surface area (Å²) in [6, 6.07) is 9.05. The second kappa shape index (κ2) is 5.00. The van der Waals surface area contributed by atoms with Crippen molar-refractivity contribution in [3.05, 3.63) is 35.4 Å². The van der Waals surface area contributed by atoms with E-state index in [1.54, 1.807) is 0 Å². The monoisotopic (exact) mass is 178 g/mol. The third-order valence-electron chi connectivity index (χ3n) is 2.26. The first-order valence-corrected chi connectivity index (χ1v) is 4.80. The molecule has 0 saturated carbocycles. The van der Waals surface area contributed by atoms with Gasteiger partial charge in [-0.25, -0.2) is 0 Å². The maximum absolute atomic E-state index is 5.33. The second-order valence-electron chi connectivity index (χ2n) is 3.44. The Morgan fingerprint density at radius 1 is 1.23 bits per heavy atom. The molecule has 0 heterocycles. The van der Waals surface area contributed by atoms with E-state index in [1.165, 1.54) is 11.1 Å². The number of hydrogen-bond donors (Lipinski definition) is 2. The van der Waals surface area contributed by atoms with Crippen molar-refractivity contribution in [1.29, 1.82) is 0 Å². The molecule has 0 bridgehead atoms. The molecule has 1 aromatic carbocycles. The molecule has 2 nitrogen and oxygen atoms in total. The summed E-state index contributed by atoms with van der Waals surface area (Å²) in [6.45, 7) is 4.24. The van der Waals surface area contributed by atoms with Crippen molar-refractivity contribution in [2.45, 2.75) is 32.7 Å².